The van der Waals surface area contributed by atoms with Crippen LogP contribution in [0.1, 0.15) is 41.4 Å². The highest BCUT2D eigenvalue weighted by atomic mass is 35.5. The van der Waals surface area contributed by atoms with Gasteiger partial charge < -0.3 is 14.4 Å². The molecule has 3 heterocycles. The second-order valence-electron chi connectivity index (χ2n) is 7.09. The summed E-state index contributed by atoms with van der Waals surface area (Å²) in [5, 5.41) is 0.491. The molecule has 0 N–H and O–H groups in total. The topological polar surface area (TPSA) is 54.3 Å². The quantitative estimate of drug-likeness (QED) is 0.779. The van der Waals surface area contributed by atoms with Crippen molar-refractivity contribution in [2.75, 3.05) is 33.7 Å². The fourth-order valence-electron chi connectivity index (χ4n) is 3.48. The number of nitrogens with zero attached hydrogens (tertiary/aromatic N) is 5. The molecule has 26 heavy (non-hydrogen) atoms. The number of rotatable bonds is 6. The van der Waals surface area contributed by atoms with Gasteiger partial charge in [-0.25, -0.2) is 4.98 Å². The summed E-state index contributed by atoms with van der Waals surface area (Å²) in [7, 11) is 4.19. The van der Waals surface area contributed by atoms with E-state index in [0.29, 0.717) is 16.5 Å². The maximum Gasteiger partial charge on any atom is 0.255 e. The Kier molecular flexibility index (Phi) is 6.27. The second kappa shape index (κ2) is 8.64. The molecule has 6 nitrogen and oxygen atoms in total. The average molecular weight is 376 g/mol. The van der Waals surface area contributed by atoms with E-state index in [1.807, 2.05) is 11.1 Å². The molecule has 0 aromatic carbocycles. The van der Waals surface area contributed by atoms with Crippen molar-refractivity contribution < 1.29 is 4.79 Å². The van der Waals surface area contributed by atoms with E-state index in [2.05, 4.69) is 39.7 Å². The van der Waals surface area contributed by atoms with Crippen LogP contribution in [0.3, 0.4) is 0 Å². The molecule has 2 aromatic heterocycles. The summed E-state index contributed by atoms with van der Waals surface area (Å²) in [5.74, 6) is 1.57. The predicted molar refractivity (Wildman–Crippen MR) is 103 cm³/mol. The Morgan fingerprint density at radius 1 is 1.31 bits per heavy atom. The van der Waals surface area contributed by atoms with Crippen molar-refractivity contribution >= 4 is 17.5 Å². The van der Waals surface area contributed by atoms with Gasteiger partial charge in [0.05, 0.1) is 10.6 Å². The smallest absolute Gasteiger partial charge is 0.255 e. The van der Waals surface area contributed by atoms with Gasteiger partial charge in [0.15, 0.2) is 0 Å². The molecule has 7 heteroatoms. The highest BCUT2D eigenvalue weighted by molar-refractivity contribution is 6.30. The summed E-state index contributed by atoms with van der Waals surface area (Å²) in [4.78, 5) is 25.3. The summed E-state index contributed by atoms with van der Waals surface area (Å²) in [6.07, 6.45) is 10.1. The van der Waals surface area contributed by atoms with Gasteiger partial charge in [-0.1, -0.05) is 11.6 Å². The van der Waals surface area contributed by atoms with Crippen molar-refractivity contribution in [1.29, 1.82) is 0 Å². The Morgan fingerprint density at radius 2 is 2.08 bits per heavy atom. The van der Waals surface area contributed by atoms with Gasteiger partial charge in [-0.15, -0.1) is 0 Å². The van der Waals surface area contributed by atoms with Crippen molar-refractivity contribution in [2.24, 2.45) is 0 Å². The van der Waals surface area contributed by atoms with E-state index in [1.54, 1.807) is 18.5 Å². The normalized spacial score (nSPS) is 15.6. The lowest BCUT2D eigenvalue weighted by atomic mass is 9.95. The number of carbonyl (C=O) groups excluding carboxylic acids is 1. The first-order valence-corrected chi connectivity index (χ1v) is 9.48. The molecule has 140 valence electrons. The summed E-state index contributed by atoms with van der Waals surface area (Å²) in [6.45, 7) is 3.53. The van der Waals surface area contributed by atoms with Crippen LogP contribution in [0, 0.1) is 0 Å². The molecule has 0 radical (unpaired) electrons. The number of pyridine rings is 1. The van der Waals surface area contributed by atoms with Crippen LogP contribution < -0.4 is 0 Å². The molecule has 0 bridgehead atoms. The first-order valence-electron chi connectivity index (χ1n) is 9.10. The lowest BCUT2D eigenvalue weighted by Crippen LogP contribution is -2.38. The van der Waals surface area contributed by atoms with Crippen LogP contribution in [0.25, 0.3) is 0 Å². The second-order valence-corrected chi connectivity index (χ2v) is 7.53. The Morgan fingerprint density at radius 3 is 2.77 bits per heavy atom. The van der Waals surface area contributed by atoms with Crippen LogP contribution in [-0.4, -0.2) is 64.0 Å². The lowest BCUT2D eigenvalue weighted by Gasteiger charge is -2.32. The van der Waals surface area contributed by atoms with Crippen LogP contribution in [0.5, 0.6) is 0 Å². The lowest BCUT2D eigenvalue weighted by molar-refractivity contribution is 0.0710. The highest BCUT2D eigenvalue weighted by Gasteiger charge is 2.27. The number of imidazole rings is 1. The van der Waals surface area contributed by atoms with Crippen molar-refractivity contribution in [3.63, 3.8) is 0 Å². The van der Waals surface area contributed by atoms with Crippen molar-refractivity contribution in [1.82, 2.24) is 24.3 Å². The number of aromatic nitrogens is 3. The molecule has 1 saturated heterocycles. The Hall–Kier alpha value is -1.92. The molecule has 2 aromatic rings. The number of aryl methyl sites for hydroxylation is 1. The van der Waals surface area contributed by atoms with Gasteiger partial charge in [-0.05, 0) is 46.0 Å². The molecule has 0 spiro atoms. The third kappa shape index (κ3) is 4.62. The van der Waals surface area contributed by atoms with Crippen molar-refractivity contribution in [3.05, 3.63) is 47.3 Å². The molecule has 3 rings (SSSR count). The molecule has 1 aliphatic rings. The molecule has 1 amide bonds. The van der Waals surface area contributed by atoms with Gasteiger partial charge >= 0.3 is 0 Å². The number of piperidine rings is 1. The SMILES string of the molecule is CN(C)CCCn1ccnc1C1CCN(C(=O)c2cncc(Cl)c2)CC1. The monoisotopic (exact) mass is 375 g/mol. The average Bonchev–Trinajstić information content (AvgIpc) is 3.09. The molecule has 0 aliphatic carbocycles. The zero-order valence-corrected chi connectivity index (χ0v) is 16.2. The van der Waals surface area contributed by atoms with Gasteiger partial charge in [-0.2, -0.15) is 0 Å². The summed E-state index contributed by atoms with van der Waals surface area (Å²) < 4.78 is 2.27. The van der Waals surface area contributed by atoms with Crippen LogP contribution in [0.2, 0.25) is 5.02 Å². The standard InChI is InChI=1S/C19H26ClN5O/c1-23(2)7-3-8-24-11-6-22-18(24)15-4-9-25(10-5-15)19(26)16-12-17(20)14-21-13-16/h6,11-15H,3-5,7-10H2,1-2H3. The predicted octanol–water partition coefficient (Wildman–Crippen LogP) is 2.90. The number of carbonyl (C=O) groups is 1. The maximum absolute atomic E-state index is 12.6. The first kappa shape index (κ1) is 18.9. The van der Waals surface area contributed by atoms with E-state index in [1.165, 1.54) is 0 Å². The molecule has 0 saturated carbocycles. The van der Waals surface area contributed by atoms with Gasteiger partial charge in [0.2, 0.25) is 0 Å². The molecule has 1 aliphatic heterocycles. The largest absolute Gasteiger partial charge is 0.339 e. The molecular formula is C19H26ClN5O. The minimum absolute atomic E-state index is 0.00720. The molecular weight excluding hydrogens is 350 g/mol. The number of halogens is 1. The number of amides is 1. The van der Waals surface area contributed by atoms with Gasteiger partial charge in [0.25, 0.3) is 5.91 Å². The van der Waals surface area contributed by atoms with E-state index in [-0.39, 0.29) is 5.91 Å². The van der Waals surface area contributed by atoms with Crippen LogP contribution in [-0.2, 0) is 6.54 Å². The van der Waals surface area contributed by atoms with E-state index in [0.717, 1.165) is 51.3 Å². The van der Waals surface area contributed by atoms with Crippen LogP contribution in [0.15, 0.2) is 30.9 Å². The van der Waals surface area contributed by atoms with Crippen LogP contribution >= 0.6 is 11.6 Å². The minimum atomic E-state index is 0.00720. The minimum Gasteiger partial charge on any atom is -0.339 e. The van der Waals surface area contributed by atoms with Gasteiger partial charge in [0, 0.05) is 50.3 Å². The van der Waals surface area contributed by atoms with Crippen molar-refractivity contribution in [3.8, 4) is 0 Å². The Balaban J connectivity index is 1.57. The van der Waals surface area contributed by atoms with E-state index >= 15 is 0 Å². The Labute approximate surface area is 159 Å². The molecule has 0 atom stereocenters. The van der Waals surface area contributed by atoms with Gasteiger partial charge in [0.1, 0.15) is 5.82 Å². The number of hydrogen-bond donors (Lipinski definition) is 0. The Bertz CT molecular complexity index is 737. The van der Waals surface area contributed by atoms with E-state index < -0.39 is 0 Å². The summed E-state index contributed by atoms with van der Waals surface area (Å²) in [5.41, 5.74) is 0.557. The number of hydrogen-bond acceptors (Lipinski definition) is 4. The molecule has 0 unspecified atom stereocenters. The van der Waals surface area contributed by atoms with Crippen molar-refractivity contribution in [2.45, 2.75) is 31.7 Å². The third-order valence-electron chi connectivity index (χ3n) is 4.85. The highest BCUT2D eigenvalue weighted by Crippen LogP contribution is 2.28. The first-order chi connectivity index (χ1) is 12.5. The zero-order valence-electron chi connectivity index (χ0n) is 15.4. The van der Waals surface area contributed by atoms with Crippen LogP contribution in [0.4, 0.5) is 0 Å². The zero-order chi connectivity index (χ0) is 18.5. The molecule has 1 fully saturated rings. The van der Waals surface area contributed by atoms with Gasteiger partial charge in [-0.3, -0.25) is 9.78 Å². The van der Waals surface area contributed by atoms with E-state index in [4.69, 9.17) is 11.6 Å². The maximum atomic E-state index is 12.6. The third-order valence-corrected chi connectivity index (χ3v) is 5.06. The summed E-state index contributed by atoms with van der Waals surface area (Å²) >= 11 is 5.95. The fraction of sp³-hybridized carbons (Fsp3) is 0.526. The number of likely N-dealkylation sites (tertiary alicyclic amines) is 1. The summed E-state index contributed by atoms with van der Waals surface area (Å²) in [6, 6.07) is 1.68. The fourth-order valence-corrected chi connectivity index (χ4v) is 3.65. The van der Waals surface area contributed by atoms with E-state index in [9.17, 15) is 4.79 Å².